The summed E-state index contributed by atoms with van der Waals surface area (Å²) in [6.07, 6.45) is 5.34. The van der Waals surface area contributed by atoms with E-state index in [9.17, 15) is 10.1 Å². The molecule has 1 aliphatic rings. The van der Waals surface area contributed by atoms with E-state index in [0.717, 1.165) is 12.0 Å². The molecule has 2 N–H and O–H groups in total. The SMILES string of the molecule is CN(C)CC=CC(=O)Nc1cc2c(Nc3ccc(OCc4ccccc4Cl)c(Cl)c3)c(C#N)cnc2cc1OC1CCOC1. The number of halogens is 2. The first-order valence-electron chi connectivity index (χ1n) is 14.0. The van der Waals surface area contributed by atoms with Crippen molar-refractivity contribution in [2.75, 3.05) is 44.5 Å². The average Bonchev–Trinajstić information content (AvgIpc) is 3.51. The number of fused-ring (bicyclic) bond motifs is 1. The molecule has 1 aliphatic heterocycles. The number of likely N-dealkylation sites (N-methyl/N-ethyl adjacent to an activating group) is 1. The van der Waals surface area contributed by atoms with Gasteiger partial charge in [0.1, 0.15) is 30.3 Å². The minimum absolute atomic E-state index is 0.149. The summed E-state index contributed by atoms with van der Waals surface area (Å²) in [6, 6.07) is 18.4. The molecule has 4 aromatic rings. The van der Waals surface area contributed by atoms with Crippen LogP contribution < -0.4 is 20.1 Å². The molecule has 0 bridgehead atoms. The van der Waals surface area contributed by atoms with Gasteiger partial charge in [-0.25, -0.2) is 0 Å². The number of rotatable bonds is 11. The highest BCUT2D eigenvalue weighted by Crippen LogP contribution is 2.38. The quantitative estimate of drug-likeness (QED) is 0.171. The van der Waals surface area contributed by atoms with Gasteiger partial charge < -0.3 is 29.7 Å². The van der Waals surface area contributed by atoms with E-state index in [1.54, 1.807) is 42.5 Å². The minimum atomic E-state index is -0.309. The van der Waals surface area contributed by atoms with Crippen molar-refractivity contribution in [3.63, 3.8) is 0 Å². The number of carbonyl (C=O) groups excluding carboxylic acids is 1. The molecule has 226 valence electrons. The maximum atomic E-state index is 12.8. The summed E-state index contributed by atoms with van der Waals surface area (Å²) in [7, 11) is 3.84. The molecule has 11 heteroatoms. The van der Waals surface area contributed by atoms with E-state index in [0.29, 0.717) is 74.8 Å². The Kier molecular flexibility index (Phi) is 10.2. The molecular formula is C33H31Cl2N5O4. The highest BCUT2D eigenvalue weighted by Gasteiger charge is 2.21. The van der Waals surface area contributed by atoms with E-state index < -0.39 is 0 Å². The van der Waals surface area contributed by atoms with Gasteiger partial charge in [0.25, 0.3) is 0 Å². The summed E-state index contributed by atoms with van der Waals surface area (Å²) in [5.41, 5.74) is 3.32. The summed E-state index contributed by atoms with van der Waals surface area (Å²) in [5.74, 6) is 0.646. The Morgan fingerprint density at radius 2 is 2.00 bits per heavy atom. The Bertz CT molecular complexity index is 1730. The van der Waals surface area contributed by atoms with Crippen molar-refractivity contribution in [3.8, 4) is 17.6 Å². The predicted molar refractivity (Wildman–Crippen MR) is 173 cm³/mol. The van der Waals surface area contributed by atoms with Crippen LogP contribution in [0.1, 0.15) is 17.5 Å². The zero-order chi connectivity index (χ0) is 31.1. The molecule has 5 rings (SSSR count). The molecule has 1 fully saturated rings. The van der Waals surface area contributed by atoms with E-state index in [1.165, 1.54) is 12.3 Å². The molecular weight excluding hydrogens is 601 g/mol. The molecule has 0 aliphatic carbocycles. The number of carbonyl (C=O) groups is 1. The second kappa shape index (κ2) is 14.4. The fourth-order valence-electron chi connectivity index (χ4n) is 4.58. The maximum absolute atomic E-state index is 12.8. The van der Waals surface area contributed by atoms with E-state index >= 15 is 0 Å². The van der Waals surface area contributed by atoms with Crippen molar-refractivity contribution in [1.29, 1.82) is 5.26 Å². The fourth-order valence-corrected chi connectivity index (χ4v) is 5.00. The number of ether oxygens (including phenoxy) is 3. The van der Waals surface area contributed by atoms with Gasteiger partial charge in [0.05, 0.1) is 40.7 Å². The number of nitrogens with zero attached hydrogens (tertiary/aromatic N) is 3. The molecule has 1 aromatic heterocycles. The van der Waals surface area contributed by atoms with E-state index in [4.69, 9.17) is 37.4 Å². The molecule has 2 heterocycles. The molecule has 0 radical (unpaired) electrons. The Morgan fingerprint density at radius 3 is 2.73 bits per heavy atom. The van der Waals surface area contributed by atoms with Gasteiger partial charge in [-0.2, -0.15) is 5.26 Å². The van der Waals surface area contributed by atoms with Gasteiger partial charge in [0, 0.05) is 53.0 Å². The lowest BCUT2D eigenvalue weighted by molar-refractivity contribution is -0.111. The molecule has 9 nitrogen and oxygen atoms in total. The molecule has 1 atom stereocenters. The van der Waals surface area contributed by atoms with Gasteiger partial charge in [-0.05, 0) is 44.4 Å². The Hall–Kier alpha value is -4.33. The monoisotopic (exact) mass is 631 g/mol. The van der Waals surface area contributed by atoms with Crippen LogP contribution in [0.25, 0.3) is 10.9 Å². The van der Waals surface area contributed by atoms with Crippen LogP contribution in [0.4, 0.5) is 17.1 Å². The normalized spacial score (nSPS) is 14.6. The van der Waals surface area contributed by atoms with E-state index in [-0.39, 0.29) is 18.6 Å². The average molecular weight is 633 g/mol. The molecule has 1 unspecified atom stereocenters. The van der Waals surface area contributed by atoms with Crippen LogP contribution in [-0.4, -0.2) is 55.7 Å². The number of hydrogen-bond donors (Lipinski definition) is 2. The maximum Gasteiger partial charge on any atom is 0.248 e. The smallest absolute Gasteiger partial charge is 0.248 e. The lowest BCUT2D eigenvalue weighted by Gasteiger charge is -2.19. The Labute approximate surface area is 265 Å². The molecule has 44 heavy (non-hydrogen) atoms. The zero-order valence-corrected chi connectivity index (χ0v) is 25.8. The molecule has 0 spiro atoms. The first-order chi connectivity index (χ1) is 21.3. The van der Waals surface area contributed by atoms with Gasteiger partial charge in [-0.1, -0.05) is 47.5 Å². The lowest BCUT2D eigenvalue weighted by Crippen LogP contribution is -2.18. The van der Waals surface area contributed by atoms with Crippen LogP contribution >= 0.6 is 23.2 Å². The van der Waals surface area contributed by atoms with Crippen molar-refractivity contribution in [1.82, 2.24) is 9.88 Å². The standard InChI is InChI=1S/C33H31Cl2N5O4/c1-40(2)12-5-8-32(41)39-29-15-25-28(16-31(29)44-24-11-13-42-20-24)37-18-22(17-36)33(25)38-23-9-10-30(27(35)14-23)43-19-21-6-3-4-7-26(21)34/h3-10,14-16,18,24H,11-13,19-20H2,1-2H3,(H,37,38)(H,39,41). The van der Waals surface area contributed by atoms with Crippen molar-refractivity contribution in [3.05, 3.63) is 94.1 Å². The summed E-state index contributed by atoms with van der Waals surface area (Å²) in [5, 5.41) is 17.8. The molecule has 1 amide bonds. The third-order valence-corrected chi connectivity index (χ3v) is 7.48. The largest absolute Gasteiger partial charge is 0.487 e. The predicted octanol–water partition coefficient (Wildman–Crippen LogP) is 6.96. The first-order valence-corrected chi connectivity index (χ1v) is 14.7. The van der Waals surface area contributed by atoms with Gasteiger partial charge in [0.15, 0.2) is 0 Å². The number of nitrogens with one attached hydrogen (secondary N) is 2. The first kappa shape index (κ1) is 31.1. The van der Waals surface area contributed by atoms with Gasteiger partial charge >= 0.3 is 0 Å². The number of benzene rings is 3. The minimum Gasteiger partial charge on any atom is -0.487 e. The number of nitriles is 1. The van der Waals surface area contributed by atoms with E-state index in [1.807, 2.05) is 37.2 Å². The topological polar surface area (TPSA) is 109 Å². The highest BCUT2D eigenvalue weighted by molar-refractivity contribution is 6.32. The molecule has 3 aromatic carbocycles. The second-order valence-corrected chi connectivity index (χ2v) is 11.2. The van der Waals surface area contributed by atoms with Crippen LogP contribution in [0, 0.1) is 11.3 Å². The van der Waals surface area contributed by atoms with Crippen molar-refractivity contribution >= 4 is 57.1 Å². The lowest BCUT2D eigenvalue weighted by atomic mass is 10.1. The third-order valence-electron chi connectivity index (χ3n) is 6.81. The number of pyridine rings is 1. The number of amides is 1. The van der Waals surface area contributed by atoms with Crippen molar-refractivity contribution < 1.29 is 19.0 Å². The highest BCUT2D eigenvalue weighted by atomic mass is 35.5. The zero-order valence-electron chi connectivity index (χ0n) is 24.3. The van der Waals surface area contributed by atoms with Crippen LogP contribution in [0.2, 0.25) is 10.0 Å². The summed E-state index contributed by atoms with van der Waals surface area (Å²) >= 11 is 12.8. The number of anilines is 3. The molecule has 1 saturated heterocycles. The Balaban J connectivity index is 1.45. The fraction of sp³-hybridized carbons (Fsp3) is 0.242. The summed E-state index contributed by atoms with van der Waals surface area (Å²) in [4.78, 5) is 19.3. The van der Waals surface area contributed by atoms with Gasteiger partial charge in [-0.3, -0.25) is 9.78 Å². The second-order valence-electron chi connectivity index (χ2n) is 10.4. The van der Waals surface area contributed by atoms with Crippen molar-refractivity contribution in [2.45, 2.75) is 19.1 Å². The number of aromatic nitrogens is 1. The van der Waals surface area contributed by atoms with Gasteiger partial charge in [-0.15, -0.1) is 0 Å². The van der Waals surface area contributed by atoms with Crippen LogP contribution in [0.5, 0.6) is 11.5 Å². The summed E-state index contributed by atoms with van der Waals surface area (Å²) < 4.78 is 17.6. The van der Waals surface area contributed by atoms with Gasteiger partial charge in [0.2, 0.25) is 5.91 Å². The van der Waals surface area contributed by atoms with E-state index in [2.05, 4.69) is 21.7 Å². The van der Waals surface area contributed by atoms with Crippen molar-refractivity contribution in [2.24, 2.45) is 0 Å². The van der Waals surface area contributed by atoms with Crippen LogP contribution in [0.15, 0.2) is 72.9 Å². The van der Waals surface area contributed by atoms with Crippen LogP contribution in [-0.2, 0) is 16.1 Å². The third kappa shape index (κ3) is 7.78. The Morgan fingerprint density at radius 1 is 1.16 bits per heavy atom. The van der Waals surface area contributed by atoms with Crippen LogP contribution in [0.3, 0.4) is 0 Å². The number of hydrogen-bond acceptors (Lipinski definition) is 8. The molecule has 0 saturated carbocycles. The summed E-state index contributed by atoms with van der Waals surface area (Å²) in [6.45, 7) is 1.94.